The van der Waals surface area contributed by atoms with E-state index in [4.69, 9.17) is 14.2 Å². The number of ether oxygens (including phenoxy) is 3. The molecule has 0 aromatic heterocycles. The van der Waals surface area contributed by atoms with Crippen LogP contribution in [0.2, 0.25) is 0 Å². The molecular formula is C26H29NO4. The van der Waals surface area contributed by atoms with Crippen molar-refractivity contribution in [3.05, 3.63) is 96.1 Å². The van der Waals surface area contributed by atoms with Gasteiger partial charge in [-0.15, -0.1) is 0 Å². The molecule has 0 radical (unpaired) electrons. The van der Waals surface area contributed by atoms with Crippen LogP contribution < -0.4 is 9.47 Å². The van der Waals surface area contributed by atoms with E-state index in [0.717, 1.165) is 22.6 Å². The fraction of sp³-hybridized carbons (Fsp3) is 0.308. The van der Waals surface area contributed by atoms with Crippen molar-refractivity contribution >= 4 is 0 Å². The minimum absolute atomic E-state index is 0.0746. The zero-order chi connectivity index (χ0) is 21.5. The van der Waals surface area contributed by atoms with Gasteiger partial charge in [0, 0.05) is 13.1 Å². The number of para-hydroxylation sites is 2. The van der Waals surface area contributed by atoms with Gasteiger partial charge in [-0.3, -0.25) is 4.90 Å². The average molecular weight is 420 g/mol. The fourth-order valence-corrected chi connectivity index (χ4v) is 3.84. The van der Waals surface area contributed by atoms with Gasteiger partial charge in [0.15, 0.2) is 11.5 Å². The molecular weight excluding hydrogens is 390 g/mol. The van der Waals surface area contributed by atoms with Crippen molar-refractivity contribution in [2.45, 2.75) is 18.3 Å². The number of hydrogen-bond donors (Lipinski definition) is 1. The van der Waals surface area contributed by atoms with E-state index >= 15 is 0 Å². The first-order valence-electron chi connectivity index (χ1n) is 10.7. The van der Waals surface area contributed by atoms with Gasteiger partial charge in [0.1, 0.15) is 18.8 Å². The van der Waals surface area contributed by atoms with Crippen LogP contribution in [0.3, 0.4) is 0 Å². The van der Waals surface area contributed by atoms with E-state index in [9.17, 15) is 5.11 Å². The summed E-state index contributed by atoms with van der Waals surface area (Å²) in [6, 6.07) is 27.9. The summed E-state index contributed by atoms with van der Waals surface area (Å²) in [5, 5.41) is 10.6. The molecule has 0 unspecified atom stereocenters. The summed E-state index contributed by atoms with van der Waals surface area (Å²) in [5.74, 6) is 1.55. The highest BCUT2D eigenvalue weighted by molar-refractivity contribution is 5.40. The highest BCUT2D eigenvalue weighted by atomic mass is 16.6. The van der Waals surface area contributed by atoms with Crippen molar-refractivity contribution in [1.82, 2.24) is 4.90 Å². The zero-order valence-electron chi connectivity index (χ0n) is 17.8. The molecule has 1 aliphatic heterocycles. The number of hydrogen-bond acceptors (Lipinski definition) is 5. The van der Waals surface area contributed by atoms with Gasteiger partial charge in [0.25, 0.3) is 0 Å². The average Bonchev–Trinajstić information content (AvgIpc) is 2.80. The Hall–Kier alpha value is -2.86. The minimum atomic E-state index is -0.614. The van der Waals surface area contributed by atoms with Gasteiger partial charge in [0.05, 0.1) is 12.7 Å². The van der Waals surface area contributed by atoms with Crippen molar-refractivity contribution in [1.29, 1.82) is 0 Å². The summed E-state index contributed by atoms with van der Waals surface area (Å²) < 4.78 is 18.0. The van der Waals surface area contributed by atoms with Crippen LogP contribution in [-0.4, -0.2) is 55.6 Å². The molecule has 5 nitrogen and oxygen atoms in total. The highest BCUT2D eigenvalue weighted by Gasteiger charge is 2.23. The van der Waals surface area contributed by atoms with Crippen molar-refractivity contribution in [2.75, 3.05) is 33.4 Å². The Labute approximate surface area is 183 Å². The lowest BCUT2D eigenvalue weighted by molar-refractivity contribution is -0.0123. The third-order valence-corrected chi connectivity index (χ3v) is 5.27. The molecule has 0 saturated heterocycles. The number of nitrogens with zero attached hydrogens (tertiary/aromatic N) is 1. The quantitative estimate of drug-likeness (QED) is 0.570. The summed E-state index contributed by atoms with van der Waals surface area (Å²) in [4.78, 5) is 2.05. The molecule has 5 heteroatoms. The van der Waals surface area contributed by atoms with Gasteiger partial charge < -0.3 is 19.3 Å². The van der Waals surface area contributed by atoms with Crippen LogP contribution >= 0.6 is 0 Å². The van der Waals surface area contributed by atoms with E-state index in [0.29, 0.717) is 19.7 Å². The van der Waals surface area contributed by atoms with E-state index in [2.05, 4.69) is 29.2 Å². The zero-order valence-corrected chi connectivity index (χ0v) is 17.8. The molecule has 31 heavy (non-hydrogen) atoms. The molecule has 0 bridgehead atoms. The summed E-state index contributed by atoms with van der Waals surface area (Å²) in [7, 11) is 1.97. The van der Waals surface area contributed by atoms with Crippen molar-refractivity contribution in [2.24, 2.45) is 0 Å². The first-order valence-corrected chi connectivity index (χ1v) is 10.7. The predicted molar refractivity (Wildman–Crippen MR) is 121 cm³/mol. The molecule has 0 amide bonds. The van der Waals surface area contributed by atoms with Crippen LogP contribution in [0.15, 0.2) is 84.9 Å². The van der Waals surface area contributed by atoms with E-state index < -0.39 is 6.10 Å². The first-order chi connectivity index (χ1) is 15.2. The molecule has 1 heterocycles. The maximum absolute atomic E-state index is 10.6. The number of benzene rings is 3. The van der Waals surface area contributed by atoms with Crippen molar-refractivity contribution in [3.63, 3.8) is 0 Å². The monoisotopic (exact) mass is 419 g/mol. The summed E-state index contributed by atoms with van der Waals surface area (Å²) in [5.41, 5.74) is 2.14. The van der Waals surface area contributed by atoms with E-state index in [1.54, 1.807) is 0 Å². The lowest BCUT2D eigenvalue weighted by Crippen LogP contribution is -2.42. The highest BCUT2D eigenvalue weighted by Crippen LogP contribution is 2.31. The Morgan fingerprint density at radius 1 is 0.903 bits per heavy atom. The summed E-state index contributed by atoms with van der Waals surface area (Å²) >= 11 is 0. The number of aliphatic hydroxyl groups is 1. The molecule has 1 aliphatic rings. The van der Waals surface area contributed by atoms with Crippen molar-refractivity contribution < 1.29 is 19.3 Å². The molecule has 1 N–H and O–H groups in total. The van der Waals surface area contributed by atoms with Gasteiger partial charge in [-0.2, -0.15) is 0 Å². The normalized spacial score (nSPS) is 16.5. The number of rotatable bonds is 9. The Bertz CT molecular complexity index is 895. The molecule has 0 fully saturated rings. The van der Waals surface area contributed by atoms with Gasteiger partial charge in [-0.1, -0.05) is 72.8 Å². The van der Waals surface area contributed by atoms with Gasteiger partial charge in [-0.05, 0) is 30.3 Å². The van der Waals surface area contributed by atoms with Crippen LogP contribution in [0.4, 0.5) is 0 Å². The van der Waals surface area contributed by atoms with Crippen molar-refractivity contribution in [3.8, 4) is 11.5 Å². The molecule has 4 rings (SSSR count). The molecule has 0 spiro atoms. The van der Waals surface area contributed by atoms with Crippen LogP contribution in [-0.2, 0) is 4.74 Å². The summed E-state index contributed by atoms with van der Waals surface area (Å²) in [6.07, 6.45) is -0.903. The maximum Gasteiger partial charge on any atom is 0.161 e. The van der Waals surface area contributed by atoms with Crippen LogP contribution in [0.25, 0.3) is 0 Å². The Balaban J connectivity index is 1.30. The third-order valence-electron chi connectivity index (χ3n) is 5.27. The lowest BCUT2D eigenvalue weighted by atomic mass is 10.0. The summed E-state index contributed by atoms with van der Waals surface area (Å²) in [6.45, 7) is 1.88. The number of aliphatic hydroxyl groups excluding tert-OH is 1. The number of fused-ring (bicyclic) bond motifs is 1. The molecule has 3 aromatic carbocycles. The molecule has 2 atom stereocenters. The number of likely N-dealkylation sites (N-methyl/N-ethyl adjacent to an activating group) is 1. The van der Waals surface area contributed by atoms with Crippen LogP contribution in [0.1, 0.15) is 17.2 Å². The topological polar surface area (TPSA) is 51.2 Å². The SMILES string of the molecule is CN(C[C@@H](O)COC(c1ccccc1)c1ccccc1)C[C@@H]1COc2ccccc2O1. The van der Waals surface area contributed by atoms with E-state index in [1.807, 2.05) is 67.7 Å². The fourth-order valence-electron chi connectivity index (χ4n) is 3.84. The van der Waals surface area contributed by atoms with Crippen LogP contribution in [0, 0.1) is 0 Å². The van der Waals surface area contributed by atoms with E-state index in [1.165, 1.54) is 0 Å². The second kappa shape index (κ2) is 10.4. The Morgan fingerprint density at radius 3 is 2.13 bits per heavy atom. The van der Waals surface area contributed by atoms with E-state index in [-0.39, 0.29) is 18.8 Å². The van der Waals surface area contributed by atoms with Gasteiger partial charge in [-0.25, -0.2) is 0 Å². The largest absolute Gasteiger partial charge is 0.486 e. The van der Waals surface area contributed by atoms with Gasteiger partial charge >= 0.3 is 0 Å². The second-order valence-electron chi connectivity index (χ2n) is 7.91. The molecule has 3 aromatic rings. The molecule has 162 valence electrons. The lowest BCUT2D eigenvalue weighted by Gasteiger charge is -2.30. The van der Waals surface area contributed by atoms with Gasteiger partial charge in [0.2, 0.25) is 0 Å². The maximum atomic E-state index is 10.6. The predicted octanol–water partition coefficient (Wildman–Crippen LogP) is 3.93. The smallest absolute Gasteiger partial charge is 0.161 e. The molecule has 0 saturated carbocycles. The third kappa shape index (κ3) is 5.85. The van der Waals surface area contributed by atoms with Crippen LogP contribution in [0.5, 0.6) is 11.5 Å². The molecule has 0 aliphatic carbocycles. The standard InChI is InChI=1S/C26H29NO4/c1-27(17-23-19-29-24-14-8-9-15-25(24)31-23)16-22(28)18-30-26(20-10-4-2-5-11-20)21-12-6-3-7-13-21/h2-15,22-23,26,28H,16-19H2,1H3/t22-,23-/m1/s1. The minimum Gasteiger partial charge on any atom is -0.486 e. The Kier molecular flexibility index (Phi) is 7.20. The first kappa shape index (κ1) is 21.4. The Morgan fingerprint density at radius 2 is 1.48 bits per heavy atom. The second-order valence-corrected chi connectivity index (χ2v) is 7.91.